The number of anilines is 1. The monoisotopic (exact) mass is 566 g/mol. The van der Waals surface area contributed by atoms with Crippen LogP contribution in [0.5, 0.6) is 11.6 Å². The third kappa shape index (κ3) is 4.94. The van der Waals surface area contributed by atoms with Crippen molar-refractivity contribution in [3.63, 3.8) is 0 Å². The Kier molecular flexibility index (Phi) is 6.66. The minimum atomic E-state index is -0.834. The maximum Gasteiger partial charge on any atom is 0.335 e. The molecule has 42 heavy (non-hydrogen) atoms. The number of aromatic nitrogens is 7. The Labute approximate surface area is 236 Å². The van der Waals surface area contributed by atoms with Gasteiger partial charge in [-0.3, -0.25) is 14.2 Å². The second kappa shape index (κ2) is 10.6. The number of nitrogens with one attached hydrogen (secondary N) is 1. The summed E-state index contributed by atoms with van der Waals surface area (Å²) in [5.74, 6) is -0.500. The first-order chi connectivity index (χ1) is 20.3. The molecule has 0 saturated carbocycles. The number of aryl methyl sites for hydroxylation is 2. The number of rotatable bonds is 7. The van der Waals surface area contributed by atoms with Gasteiger partial charge >= 0.3 is 5.69 Å². The molecule has 0 aliphatic heterocycles. The Hall–Kier alpha value is -5.85. The number of carbonyl (C=O) groups is 1. The van der Waals surface area contributed by atoms with E-state index in [4.69, 9.17) is 4.74 Å². The number of hydrogen-bond donors (Lipinski definition) is 1. The zero-order chi connectivity index (χ0) is 29.4. The van der Waals surface area contributed by atoms with Crippen molar-refractivity contribution in [1.29, 1.82) is 0 Å². The van der Waals surface area contributed by atoms with Gasteiger partial charge in [0.25, 0.3) is 11.5 Å². The Morgan fingerprint density at radius 3 is 2.52 bits per heavy atom. The second-order valence-corrected chi connectivity index (χ2v) is 9.35. The Bertz CT molecular complexity index is 2060. The largest absolute Gasteiger partial charge is 0.437 e. The summed E-state index contributed by atoms with van der Waals surface area (Å²) in [6.07, 6.45) is 9.68. The molecule has 0 aliphatic carbocycles. The van der Waals surface area contributed by atoms with Gasteiger partial charge in [0.2, 0.25) is 5.88 Å². The first-order valence-corrected chi connectivity index (χ1v) is 12.8. The molecule has 0 fully saturated rings. The highest BCUT2D eigenvalue weighted by molar-refractivity contribution is 6.03. The van der Waals surface area contributed by atoms with Crippen LogP contribution in [0.15, 0.2) is 95.4 Å². The van der Waals surface area contributed by atoms with Gasteiger partial charge in [-0.05, 0) is 49.4 Å². The van der Waals surface area contributed by atoms with E-state index >= 15 is 0 Å². The predicted octanol–water partition coefficient (Wildman–Crippen LogP) is 3.65. The second-order valence-electron chi connectivity index (χ2n) is 9.35. The summed E-state index contributed by atoms with van der Waals surface area (Å²) < 4.78 is 25.1. The molecule has 0 spiro atoms. The lowest BCUT2D eigenvalue weighted by Crippen LogP contribution is -2.42. The third-order valence-electron chi connectivity index (χ3n) is 6.51. The fraction of sp³-hybridized carbons (Fsp3) is 0.103. The quantitative estimate of drug-likeness (QED) is 0.312. The van der Waals surface area contributed by atoms with E-state index < -0.39 is 23.0 Å². The molecule has 0 unspecified atom stereocenters. The van der Waals surface area contributed by atoms with Crippen molar-refractivity contribution in [2.75, 3.05) is 5.32 Å². The molecule has 13 heteroatoms. The van der Waals surface area contributed by atoms with E-state index in [0.29, 0.717) is 11.4 Å². The van der Waals surface area contributed by atoms with E-state index in [0.717, 1.165) is 33.5 Å². The number of halogens is 1. The van der Waals surface area contributed by atoms with Crippen LogP contribution in [0.3, 0.4) is 0 Å². The molecular formula is C29H23FN8O4. The zero-order valence-electron chi connectivity index (χ0n) is 22.4. The average molecular weight is 567 g/mol. The molecule has 0 saturated heterocycles. The molecule has 1 N–H and O–H groups in total. The van der Waals surface area contributed by atoms with Crippen LogP contribution in [0, 0.1) is 5.82 Å². The highest BCUT2D eigenvalue weighted by atomic mass is 19.1. The van der Waals surface area contributed by atoms with Crippen LogP contribution in [0.2, 0.25) is 0 Å². The molecule has 6 aromatic rings. The summed E-state index contributed by atoms with van der Waals surface area (Å²) >= 11 is 0. The van der Waals surface area contributed by atoms with Crippen molar-refractivity contribution in [1.82, 2.24) is 33.3 Å². The van der Waals surface area contributed by atoms with E-state index in [2.05, 4.69) is 20.4 Å². The normalized spacial score (nSPS) is 11.1. The highest BCUT2D eigenvalue weighted by Crippen LogP contribution is 2.30. The van der Waals surface area contributed by atoms with Crippen molar-refractivity contribution in [2.24, 2.45) is 7.05 Å². The molecule has 6 rings (SSSR count). The molecule has 12 nitrogen and oxygen atoms in total. The first kappa shape index (κ1) is 26.4. The number of hydrogen-bond acceptors (Lipinski definition) is 7. The van der Waals surface area contributed by atoms with Crippen LogP contribution in [0.25, 0.3) is 22.5 Å². The molecule has 5 aromatic heterocycles. The summed E-state index contributed by atoms with van der Waals surface area (Å²) in [5, 5.41) is 6.95. The summed E-state index contributed by atoms with van der Waals surface area (Å²) in [6, 6.07) is 11.6. The summed E-state index contributed by atoms with van der Waals surface area (Å²) in [7, 11) is 1.88. The minimum absolute atomic E-state index is 0.144. The zero-order valence-corrected chi connectivity index (χ0v) is 22.4. The van der Waals surface area contributed by atoms with E-state index in [9.17, 15) is 18.8 Å². The van der Waals surface area contributed by atoms with Crippen molar-refractivity contribution in [3.8, 4) is 28.6 Å². The third-order valence-corrected chi connectivity index (χ3v) is 6.51. The van der Waals surface area contributed by atoms with Crippen molar-refractivity contribution in [3.05, 3.63) is 118 Å². The Morgan fingerprint density at radius 1 is 1.02 bits per heavy atom. The molecule has 0 aliphatic rings. The van der Waals surface area contributed by atoms with Crippen LogP contribution in [-0.2, 0) is 13.6 Å². The lowest BCUT2D eigenvalue weighted by atomic mass is 10.2. The van der Waals surface area contributed by atoms with E-state index in [1.807, 2.05) is 30.1 Å². The standard InChI is InChI=1S/C29H23FN8O4/c1-3-36-15-22(28(40)38(29(36)41)21-7-4-19(30)5-8-21)27(39)34-20-6-9-26(31-13-20)42-25-12-18(23-16-35(2)17-32-23)14-37-24(25)10-11-33-37/h4-17H,3H2,1-2H3,(H,34,39). The van der Waals surface area contributed by atoms with Gasteiger partial charge in [0.05, 0.1) is 35.8 Å². The lowest BCUT2D eigenvalue weighted by molar-refractivity contribution is 0.102. The van der Waals surface area contributed by atoms with E-state index in [1.54, 1.807) is 42.2 Å². The predicted molar refractivity (Wildman–Crippen MR) is 152 cm³/mol. The molecule has 5 heterocycles. The maximum absolute atomic E-state index is 13.4. The number of ether oxygens (including phenoxy) is 1. The van der Waals surface area contributed by atoms with Gasteiger partial charge in [0.15, 0.2) is 5.75 Å². The van der Waals surface area contributed by atoms with Crippen LogP contribution in [0.4, 0.5) is 10.1 Å². The average Bonchev–Trinajstić information content (AvgIpc) is 3.64. The number of carbonyl (C=O) groups excluding carboxylic acids is 1. The van der Waals surface area contributed by atoms with E-state index in [1.165, 1.54) is 29.1 Å². The number of fused-ring (bicyclic) bond motifs is 1. The number of amides is 1. The number of nitrogens with zero attached hydrogens (tertiary/aromatic N) is 7. The smallest absolute Gasteiger partial charge is 0.335 e. The van der Waals surface area contributed by atoms with Crippen molar-refractivity contribution in [2.45, 2.75) is 13.5 Å². The fourth-order valence-corrected chi connectivity index (χ4v) is 4.41. The number of pyridine rings is 2. The van der Waals surface area contributed by atoms with E-state index in [-0.39, 0.29) is 23.7 Å². The van der Waals surface area contributed by atoms with Crippen molar-refractivity contribution < 1.29 is 13.9 Å². The maximum atomic E-state index is 13.4. The summed E-state index contributed by atoms with van der Waals surface area (Å²) in [4.78, 5) is 47.9. The summed E-state index contributed by atoms with van der Waals surface area (Å²) in [5.41, 5.74) is 0.960. The molecule has 210 valence electrons. The number of imidazole rings is 1. The van der Waals surface area contributed by atoms with Gasteiger partial charge in [-0.25, -0.2) is 28.2 Å². The van der Waals surface area contributed by atoms with Crippen LogP contribution in [0.1, 0.15) is 17.3 Å². The highest BCUT2D eigenvalue weighted by Gasteiger charge is 2.19. The van der Waals surface area contributed by atoms with Crippen LogP contribution in [-0.4, -0.2) is 39.2 Å². The molecule has 1 aromatic carbocycles. The fourth-order valence-electron chi connectivity index (χ4n) is 4.41. The molecule has 0 atom stereocenters. The van der Waals surface area contributed by atoms with Gasteiger partial charge in [0.1, 0.15) is 16.9 Å². The molecule has 0 bridgehead atoms. The Morgan fingerprint density at radius 2 is 1.83 bits per heavy atom. The molecule has 0 radical (unpaired) electrons. The van der Waals surface area contributed by atoms with Gasteiger partial charge in [-0.15, -0.1) is 0 Å². The first-order valence-electron chi connectivity index (χ1n) is 12.8. The van der Waals surface area contributed by atoms with Gasteiger partial charge in [-0.2, -0.15) is 5.10 Å². The molecular weight excluding hydrogens is 543 g/mol. The molecule has 1 amide bonds. The lowest BCUT2D eigenvalue weighted by Gasteiger charge is -2.12. The Balaban J connectivity index is 1.26. The minimum Gasteiger partial charge on any atom is -0.437 e. The van der Waals surface area contributed by atoms with Crippen molar-refractivity contribution >= 4 is 17.1 Å². The van der Waals surface area contributed by atoms with Gasteiger partial charge in [-0.1, -0.05) is 0 Å². The van der Waals surface area contributed by atoms with Gasteiger partial charge in [0, 0.05) is 43.8 Å². The summed E-state index contributed by atoms with van der Waals surface area (Å²) in [6.45, 7) is 1.91. The van der Waals surface area contributed by atoms with Gasteiger partial charge < -0.3 is 14.6 Å². The van der Waals surface area contributed by atoms with Crippen LogP contribution < -0.4 is 21.3 Å². The SMILES string of the molecule is CCn1cc(C(=O)Nc2ccc(Oc3cc(-c4cn(C)cn4)cn4nccc34)nc2)c(=O)n(-c2ccc(F)cc2)c1=O. The topological polar surface area (TPSA) is 130 Å². The number of benzene rings is 1. The van der Waals surface area contributed by atoms with Crippen LogP contribution >= 0.6 is 0 Å².